The fourth-order valence-electron chi connectivity index (χ4n) is 1.39. The van der Waals surface area contributed by atoms with Gasteiger partial charge in [-0.25, -0.2) is 9.59 Å². The molecule has 0 radical (unpaired) electrons. The van der Waals surface area contributed by atoms with Crippen LogP contribution in [0.5, 0.6) is 0 Å². The molecule has 0 saturated heterocycles. The molecule has 5 nitrogen and oxygen atoms in total. The van der Waals surface area contributed by atoms with Crippen molar-refractivity contribution in [3.63, 3.8) is 0 Å². The molecule has 2 N–H and O–H groups in total. The first-order chi connectivity index (χ1) is 8.43. The van der Waals surface area contributed by atoms with Crippen LogP contribution in [0.25, 0.3) is 0 Å². The summed E-state index contributed by atoms with van der Waals surface area (Å²) >= 11 is 0. The van der Waals surface area contributed by atoms with Crippen molar-refractivity contribution in [2.24, 2.45) is 0 Å². The molecule has 0 aliphatic carbocycles. The minimum atomic E-state index is -1.08. The zero-order valence-corrected chi connectivity index (χ0v) is 10.8. The number of nitrogens with zero attached hydrogens (tertiary/aromatic N) is 1. The second-order valence-corrected chi connectivity index (χ2v) is 4.34. The highest BCUT2D eigenvalue weighted by Crippen LogP contribution is 2.13. The van der Waals surface area contributed by atoms with E-state index in [1.165, 1.54) is 4.90 Å². The Balaban J connectivity index is 2.83. The van der Waals surface area contributed by atoms with Crippen molar-refractivity contribution in [3.8, 4) is 0 Å². The third kappa shape index (κ3) is 3.48. The maximum Gasteiger partial charge on any atom is 0.330 e. The van der Waals surface area contributed by atoms with E-state index in [9.17, 15) is 9.59 Å². The molecule has 1 aromatic carbocycles. The molecule has 2 amide bonds. The summed E-state index contributed by atoms with van der Waals surface area (Å²) in [4.78, 5) is 24.5. The van der Waals surface area contributed by atoms with Crippen LogP contribution in [-0.4, -0.2) is 35.1 Å². The minimum absolute atomic E-state index is 0.00946. The Bertz CT molecular complexity index is 418. The quantitative estimate of drug-likeness (QED) is 0.857. The lowest BCUT2D eigenvalue weighted by atomic mass is 10.1. The monoisotopic (exact) mass is 250 g/mol. The number of nitrogens with one attached hydrogen (secondary N) is 1. The van der Waals surface area contributed by atoms with Gasteiger partial charge in [0.15, 0.2) is 6.04 Å². The van der Waals surface area contributed by atoms with Gasteiger partial charge >= 0.3 is 12.0 Å². The molecule has 0 bridgehead atoms. The maximum atomic E-state index is 11.8. The van der Waals surface area contributed by atoms with E-state index in [1.807, 2.05) is 13.8 Å². The number of carboxylic acids is 1. The third-order valence-electron chi connectivity index (χ3n) is 2.74. The Kier molecular flexibility index (Phi) is 4.71. The molecular weight excluding hydrogens is 232 g/mol. The number of urea groups is 1. The van der Waals surface area contributed by atoms with Gasteiger partial charge in [0, 0.05) is 13.1 Å². The van der Waals surface area contributed by atoms with Crippen molar-refractivity contribution in [1.82, 2.24) is 10.2 Å². The number of hydrogen-bond donors (Lipinski definition) is 2. The SMILES string of the molecule is CC(C)N(C)C(=O)N[C@H](C(=O)O)c1ccccc1. The van der Waals surface area contributed by atoms with Crippen LogP contribution in [0.15, 0.2) is 30.3 Å². The molecule has 1 aromatic rings. The van der Waals surface area contributed by atoms with Crippen molar-refractivity contribution < 1.29 is 14.7 Å². The molecule has 5 heteroatoms. The molecule has 0 heterocycles. The van der Waals surface area contributed by atoms with E-state index in [1.54, 1.807) is 37.4 Å². The van der Waals surface area contributed by atoms with Crippen molar-refractivity contribution in [2.75, 3.05) is 7.05 Å². The molecule has 18 heavy (non-hydrogen) atoms. The van der Waals surface area contributed by atoms with E-state index in [-0.39, 0.29) is 6.04 Å². The lowest BCUT2D eigenvalue weighted by Crippen LogP contribution is -2.44. The zero-order valence-electron chi connectivity index (χ0n) is 10.8. The van der Waals surface area contributed by atoms with E-state index in [0.717, 1.165) is 0 Å². The average molecular weight is 250 g/mol. The molecule has 98 valence electrons. The number of carbonyl (C=O) groups excluding carboxylic acids is 1. The minimum Gasteiger partial charge on any atom is -0.479 e. The molecule has 0 spiro atoms. The number of carbonyl (C=O) groups is 2. The summed E-state index contributed by atoms with van der Waals surface area (Å²) < 4.78 is 0. The van der Waals surface area contributed by atoms with Gasteiger partial charge in [-0.05, 0) is 19.4 Å². The van der Waals surface area contributed by atoms with Gasteiger partial charge in [-0.2, -0.15) is 0 Å². The molecule has 0 unspecified atom stereocenters. The van der Waals surface area contributed by atoms with Crippen LogP contribution in [-0.2, 0) is 4.79 Å². The summed E-state index contributed by atoms with van der Waals surface area (Å²) in [5.41, 5.74) is 0.551. The summed E-state index contributed by atoms with van der Waals surface area (Å²) in [6.45, 7) is 3.72. The number of hydrogen-bond acceptors (Lipinski definition) is 2. The number of carboxylic acid groups (broad SMARTS) is 1. The predicted molar refractivity (Wildman–Crippen MR) is 68.2 cm³/mol. The molecule has 0 aliphatic rings. The van der Waals surface area contributed by atoms with Gasteiger partial charge in [0.05, 0.1) is 0 Å². The van der Waals surface area contributed by atoms with Crippen LogP contribution in [0, 0.1) is 0 Å². The van der Waals surface area contributed by atoms with Gasteiger partial charge in [-0.1, -0.05) is 30.3 Å². The van der Waals surface area contributed by atoms with Crippen LogP contribution >= 0.6 is 0 Å². The summed E-state index contributed by atoms with van der Waals surface area (Å²) in [7, 11) is 1.63. The summed E-state index contributed by atoms with van der Waals surface area (Å²) in [5.74, 6) is -1.08. The first kappa shape index (κ1) is 14.0. The predicted octanol–water partition coefficient (Wildman–Crippen LogP) is 1.86. The number of rotatable bonds is 4. The Hall–Kier alpha value is -2.04. The molecule has 1 rings (SSSR count). The van der Waals surface area contributed by atoms with Gasteiger partial charge in [0.2, 0.25) is 0 Å². The van der Waals surface area contributed by atoms with Crippen LogP contribution in [0.1, 0.15) is 25.5 Å². The van der Waals surface area contributed by atoms with Crippen LogP contribution in [0.3, 0.4) is 0 Å². The van der Waals surface area contributed by atoms with E-state index in [4.69, 9.17) is 5.11 Å². The van der Waals surface area contributed by atoms with Gasteiger partial charge in [0.25, 0.3) is 0 Å². The Labute approximate surface area is 106 Å². The van der Waals surface area contributed by atoms with Crippen molar-refractivity contribution >= 4 is 12.0 Å². The molecule has 0 fully saturated rings. The topological polar surface area (TPSA) is 69.6 Å². The largest absolute Gasteiger partial charge is 0.479 e. The van der Waals surface area contributed by atoms with Crippen LogP contribution in [0.2, 0.25) is 0 Å². The van der Waals surface area contributed by atoms with E-state index in [2.05, 4.69) is 5.32 Å². The van der Waals surface area contributed by atoms with Crippen LogP contribution < -0.4 is 5.32 Å². The van der Waals surface area contributed by atoms with Crippen LogP contribution in [0.4, 0.5) is 4.79 Å². The molecule has 0 saturated carbocycles. The van der Waals surface area contributed by atoms with Crippen molar-refractivity contribution in [1.29, 1.82) is 0 Å². The number of amides is 2. The van der Waals surface area contributed by atoms with E-state index >= 15 is 0 Å². The standard InChI is InChI=1S/C13H18N2O3/c1-9(2)15(3)13(18)14-11(12(16)17)10-7-5-4-6-8-10/h4-9,11H,1-3H3,(H,14,18)(H,16,17)/t11-/m0/s1. The molecule has 1 atom stereocenters. The first-order valence-corrected chi connectivity index (χ1v) is 5.74. The summed E-state index contributed by atoms with van der Waals surface area (Å²) in [6, 6.07) is 7.21. The van der Waals surface area contributed by atoms with Crippen molar-refractivity contribution in [2.45, 2.75) is 25.9 Å². The summed E-state index contributed by atoms with van der Waals surface area (Å²) in [6.07, 6.45) is 0. The maximum absolute atomic E-state index is 11.8. The molecule has 0 aliphatic heterocycles. The Morgan fingerprint density at radius 2 is 1.78 bits per heavy atom. The third-order valence-corrected chi connectivity index (χ3v) is 2.74. The van der Waals surface area contributed by atoms with Gasteiger partial charge in [-0.15, -0.1) is 0 Å². The van der Waals surface area contributed by atoms with E-state index < -0.39 is 18.0 Å². The summed E-state index contributed by atoms with van der Waals surface area (Å²) in [5, 5.41) is 11.7. The van der Waals surface area contributed by atoms with Gasteiger partial charge in [-0.3, -0.25) is 0 Å². The highest BCUT2D eigenvalue weighted by atomic mass is 16.4. The lowest BCUT2D eigenvalue weighted by molar-refractivity contribution is -0.139. The molecule has 0 aromatic heterocycles. The van der Waals surface area contributed by atoms with Gasteiger partial charge in [0.1, 0.15) is 0 Å². The highest BCUT2D eigenvalue weighted by molar-refractivity contribution is 5.83. The average Bonchev–Trinajstić information content (AvgIpc) is 2.35. The van der Waals surface area contributed by atoms with Crippen molar-refractivity contribution in [3.05, 3.63) is 35.9 Å². The fourth-order valence-corrected chi connectivity index (χ4v) is 1.39. The second kappa shape index (κ2) is 6.05. The van der Waals surface area contributed by atoms with Gasteiger partial charge < -0.3 is 15.3 Å². The Morgan fingerprint density at radius 1 is 1.22 bits per heavy atom. The molecular formula is C13H18N2O3. The zero-order chi connectivity index (χ0) is 13.7. The first-order valence-electron chi connectivity index (χ1n) is 5.74. The lowest BCUT2D eigenvalue weighted by Gasteiger charge is -2.24. The number of aliphatic carboxylic acids is 1. The smallest absolute Gasteiger partial charge is 0.330 e. The van der Waals surface area contributed by atoms with E-state index in [0.29, 0.717) is 5.56 Å². The Morgan fingerprint density at radius 3 is 2.22 bits per heavy atom. The fraction of sp³-hybridized carbons (Fsp3) is 0.385. The highest BCUT2D eigenvalue weighted by Gasteiger charge is 2.23. The number of benzene rings is 1. The second-order valence-electron chi connectivity index (χ2n) is 4.34. The normalized spacial score (nSPS) is 12.0.